The maximum atomic E-state index is 12.5. The molecule has 5 atom stereocenters. The fourth-order valence-corrected chi connectivity index (χ4v) is 4.75. The minimum absolute atomic E-state index is 0.0258. The molecule has 0 heterocycles. The molecule has 6 nitrogen and oxygen atoms in total. The summed E-state index contributed by atoms with van der Waals surface area (Å²) in [4.78, 5) is 25.4. The van der Waals surface area contributed by atoms with E-state index in [1.807, 2.05) is 44.2 Å². The zero-order chi connectivity index (χ0) is 24.5. The molecule has 0 aliphatic rings. The highest BCUT2D eigenvalue weighted by Crippen LogP contribution is 2.42. The number of halogens is 2. The first-order valence-electron chi connectivity index (χ1n) is 11.0. The highest BCUT2D eigenvalue weighted by molar-refractivity contribution is 6.30. The summed E-state index contributed by atoms with van der Waals surface area (Å²) in [5, 5.41) is 30.5. The van der Waals surface area contributed by atoms with Gasteiger partial charge in [0.1, 0.15) is 0 Å². The molecule has 0 radical (unpaired) electrons. The first kappa shape index (κ1) is 27.1. The Labute approximate surface area is 204 Å². The van der Waals surface area contributed by atoms with Gasteiger partial charge in [-0.2, -0.15) is 0 Å². The van der Waals surface area contributed by atoms with Crippen molar-refractivity contribution in [1.29, 1.82) is 0 Å². The second kappa shape index (κ2) is 12.9. The van der Waals surface area contributed by atoms with E-state index >= 15 is 0 Å². The Hall–Kier alpha value is -2.12. The quantitative estimate of drug-likeness (QED) is 0.343. The number of benzene rings is 2. The molecule has 0 fully saturated rings. The molecule has 2 aromatic rings. The van der Waals surface area contributed by atoms with Gasteiger partial charge in [0, 0.05) is 22.4 Å². The number of carbonyl (C=O) groups is 2. The van der Waals surface area contributed by atoms with E-state index in [4.69, 9.17) is 23.2 Å². The standard InChI is InChI=1S/C25H31Cl2NO5/c1-3-22(23(31)14-29)28(15-30)25(17-7-9-19(26)10-8-17)21(11-16(2)12-24(32)33)18-5-4-6-20(27)13-18/h4-10,13,15-16,21-23,25,29,31H,3,11-12,14H2,1-2H3,(H,32,33)/t16?,21-,22+,23+,25-/m1/s1. The van der Waals surface area contributed by atoms with Gasteiger partial charge in [0.2, 0.25) is 6.41 Å². The lowest BCUT2D eigenvalue weighted by Gasteiger charge is -2.42. The number of nitrogens with zero attached hydrogens (tertiary/aromatic N) is 1. The minimum atomic E-state index is -1.13. The molecular weight excluding hydrogens is 465 g/mol. The van der Waals surface area contributed by atoms with Gasteiger partial charge < -0.3 is 20.2 Å². The second-order valence-corrected chi connectivity index (χ2v) is 9.25. The van der Waals surface area contributed by atoms with Crippen molar-refractivity contribution in [1.82, 2.24) is 4.90 Å². The molecule has 1 amide bonds. The molecule has 0 bridgehead atoms. The predicted octanol–water partition coefficient (Wildman–Crippen LogP) is 4.91. The Morgan fingerprint density at radius 2 is 1.76 bits per heavy atom. The summed E-state index contributed by atoms with van der Waals surface area (Å²) >= 11 is 12.4. The van der Waals surface area contributed by atoms with Gasteiger partial charge in [0.15, 0.2) is 0 Å². The fraction of sp³-hybridized carbons (Fsp3) is 0.440. The Morgan fingerprint density at radius 3 is 2.27 bits per heavy atom. The molecule has 33 heavy (non-hydrogen) atoms. The summed E-state index contributed by atoms with van der Waals surface area (Å²) in [6.45, 7) is 3.20. The zero-order valence-electron chi connectivity index (χ0n) is 18.8. The van der Waals surface area contributed by atoms with Crippen molar-refractivity contribution in [3.8, 4) is 0 Å². The lowest BCUT2D eigenvalue weighted by atomic mass is 9.79. The highest BCUT2D eigenvalue weighted by Gasteiger charge is 2.36. The van der Waals surface area contributed by atoms with Gasteiger partial charge in [-0.1, -0.05) is 61.3 Å². The Bertz CT molecular complexity index is 908. The van der Waals surface area contributed by atoms with Crippen molar-refractivity contribution in [2.45, 2.75) is 57.2 Å². The number of hydrogen-bond donors (Lipinski definition) is 3. The van der Waals surface area contributed by atoms with Gasteiger partial charge in [0.05, 0.1) is 24.8 Å². The van der Waals surface area contributed by atoms with Crippen molar-refractivity contribution in [2.75, 3.05) is 6.61 Å². The van der Waals surface area contributed by atoms with Crippen LogP contribution in [0.1, 0.15) is 56.2 Å². The third-order valence-electron chi connectivity index (χ3n) is 5.92. The second-order valence-electron chi connectivity index (χ2n) is 8.37. The van der Waals surface area contributed by atoms with E-state index in [9.17, 15) is 24.9 Å². The van der Waals surface area contributed by atoms with Crippen LogP contribution in [0.4, 0.5) is 0 Å². The van der Waals surface area contributed by atoms with Gasteiger partial charge in [-0.25, -0.2) is 0 Å². The van der Waals surface area contributed by atoms with Crippen molar-refractivity contribution in [3.63, 3.8) is 0 Å². The molecule has 0 saturated carbocycles. The Kier molecular flexibility index (Phi) is 10.6. The summed E-state index contributed by atoms with van der Waals surface area (Å²) < 4.78 is 0. The van der Waals surface area contributed by atoms with Crippen LogP contribution in [0.3, 0.4) is 0 Å². The van der Waals surface area contributed by atoms with Crippen LogP contribution in [-0.4, -0.2) is 51.4 Å². The summed E-state index contributed by atoms with van der Waals surface area (Å²) in [6.07, 6.45) is 0.396. The van der Waals surface area contributed by atoms with E-state index in [2.05, 4.69) is 0 Å². The SMILES string of the molecule is CC[C@@H]([C@@H](O)CO)N(C=O)[C@H](c1ccc(Cl)cc1)[C@H](CC(C)CC(=O)O)c1cccc(Cl)c1. The Balaban J connectivity index is 2.68. The molecule has 2 rings (SSSR count). The van der Waals surface area contributed by atoms with Crippen molar-refractivity contribution in [2.24, 2.45) is 5.92 Å². The lowest BCUT2D eigenvalue weighted by Crippen LogP contribution is -2.47. The number of rotatable bonds is 13. The molecule has 3 N–H and O–H groups in total. The highest BCUT2D eigenvalue weighted by atomic mass is 35.5. The van der Waals surface area contributed by atoms with Gasteiger partial charge in [0.25, 0.3) is 0 Å². The number of amides is 1. The number of aliphatic carboxylic acids is 1. The normalized spacial score (nSPS) is 15.8. The summed E-state index contributed by atoms with van der Waals surface area (Å²) in [6, 6.07) is 13.2. The average Bonchev–Trinajstić information content (AvgIpc) is 2.78. The third kappa shape index (κ3) is 7.44. The topological polar surface area (TPSA) is 98.1 Å². The smallest absolute Gasteiger partial charge is 0.303 e. The van der Waals surface area contributed by atoms with Crippen LogP contribution in [0.2, 0.25) is 10.0 Å². The molecule has 180 valence electrons. The van der Waals surface area contributed by atoms with Crippen molar-refractivity contribution < 1.29 is 24.9 Å². The molecular formula is C25H31Cl2NO5. The van der Waals surface area contributed by atoms with Crippen molar-refractivity contribution >= 4 is 35.6 Å². The van der Waals surface area contributed by atoms with Gasteiger partial charge in [-0.3, -0.25) is 9.59 Å². The zero-order valence-corrected chi connectivity index (χ0v) is 20.3. The van der Waals surface area contributed by atoms with E-state index in [-0.39, 0.29) is 18.3 Å². The fourth-order valence-electron chi connectivity index (χ4n) is 4.42. The van der Waals surface area contributed by atoms with E-state index in [1.165, 1.54) is 4.90 Å². The maximum Gasteiger partial charge on any atom is 0.303 e. The maximum absolute atomic E-state index is 12.5. The monoisotopic (exact) mass is 495 g/mol. The van der Waals surface area contributed by atoms with Crippen LogP contribution in [-0.2, 0) is 9.59 Å². The number of aliphatic hydroxyl groups excluding tert-OH is 2. The van der Waals surface area contributed by atoms with Crippen LogP contribution >= 0.6 is 23.2 Å². The summed E-state index contributed by atoms with van der Waals surface area (Å²) in [5.41, 5.74) is 1.63. The number of hydrogen-bond acceptors (Lipinski definition) is 4. The van der Waals surface area contributed by atoms with E-state index in [0.717, 1.165) is 11.1 Å². The molecule has 0 aromatic heterocycles. The molecule has 0 saturated heterocycles. The summed E-state index contributed by atoms with van der Waals surface area (Å²) in [7, 11) is 0. The third-order valence-corrected chi connectivity index (χ3v) is 6.41. The number of carbonyl (C=O) groups excluding carboxylic acids is 1. The molecule has 0 aliphatic carbocycles. The first-order chi connectivity index (χ1) is 15.7. The number of carboxylic acids is 1. The molecule has 1 unspecified atom stereocenters. The minimum Gasteiger partial charge on any atom is -0.481 e. The summed E-state index contributed by atoms with van der Waals surface area (Å²) in [5.74, 6) is -1.42. The largest absolute Gasteiger partial charge is 0.481 e. The van der Waals surface area contributed by atoms with Crippen molar-refractivity contribution in [3.05, 3.63) is 69.7 Å². The van der Waals surface area contributed by atoms with E-state index < -0.39 is 30.8 Å². The van der Waals surface area contributed by atoms with Gasteiger partial charge in [-0.15, -0.1) is 0 Å². The molecule has 8 heteroatoms. The van der Waals surface area contributed by atoms with Crippen LogP contribution in [0.25, 0.3) is 0 Å². The number of aliphatic hydroxyl groups is 2. The van der Waals surface area contributed by atoms with Crippen LogP contribution in [0.15, 0.2) is 48.5 Å². The molecule has 2 aromatic carbocycles. The lowest BCUT2D eigenvalue weighted by molar-refractivity contribution is -0.138. The Morgan fingerprint density at radius 1 is 1.09 bits per heavy atom. The first-order valence-corrected chi connectivity index (χ1v) is 11.7. The van der Waals surface area contributed by atoms with Crippen LogP contribution < -0.4 is 0 Å². The van der Waals surface area contributed by atoms with Crippen LogP contribution in [0.5, 0.6) is 0 Å². The van der Waals surface area contributed by atoms with Gasteiger partial charge in [-0.05, 0) is 54.2 Å². The van der Waals surface area contributed by atoms with E-state index in [1.54, 1.807) is 18.2 Å². The number of carboxylic acid groups (broad SMARTS) is 1. The average molecular weight is 496 g/mol. The van der Waals surface area contributed by atoms with Gasteiger partial charge >= 0.3 is 5.97 Å². The van der Waals surface area contributed by atoms with E-state index in [0.29, 0.717) is 29.3 Å². The predicted molar refractivity (Wildman–Crippen MR) is 129 cm³/mol. The molecule has 0 aliphatic heterocycles. The molecule has 0 spiro atoms. The van der Waals surface area contributed by atoms with Crippen LogP contribution in [0, 0.1) is 5.92 Å².